The molecule has 5 nitrogen and oxygen atoms in total. The first kappa shape index (κ1) is 20.7. The monoisotopic (exact) mass is 428 g/mol. The van der Waals surface area contributed by atoms with E-state index in [0.717, 1.165) is 5.56 Å². The zero-order valence-corrected chi connectivity index (χ0v) is 17.1. The van der Waals surface area contributed by atoms with Crippen LogP contribution in [0.3, 0.4) is 0 Å². The Balaban J connectivity index is 1.82. The standard InChI is InChI=1S/C22H18Cl2N2O3/c1-14-6-2-3-7-16(14)21(27)17-11-10-15(12-18(17)24)25-19-8-4-5-9-20(19)26-22(28)29-13-23/h2-12,25H,13H2,1H3,(H,26,28). The molecule has 0 bridgehead atoms. The number of ether oxygens (including phenoxy) is 1. The lowest BCUT2D eigenvalue weighted by atomic mass is 9.99. The van der Waals surface area contributed by atoms with Crippen LogP contribution in [0.15, 0.2) is 66.7 Å². The predicted octanol–water partition coefficient (Wildman–Crippen LogP) is 6.37. The van der Waals surface area contributed by atoms with Gasteiger partial charge in [-0.25, -0.2) is 4.79 Å². The highest BCUT2D eigenvalue weighted by atomic mass is 35.5. The third kappa shape index (κ3) is 5.08. The van der Waals surface area contributed by atoms with E-state index in [4.69, 9.17) is 27.9 Å². The Morgan fingerprint density at radius 3 is 2.31 bits per heavy atom. The van der Waals surface area contributed by atoms with E-state index in [1.54, 1.807) is 42.5 Å². The molecule has 0 heterocycles. The molecule has 0 saturated carbocycles. The predicted molar refractivity (Wildman–Crippen MR) is 117 cm³/mol. The quantitative estimate of drug-likeness (QED) is 0.353. The minimum atomic E-state index is -0.661. The Morgan fingerprint density at radius 1 is 0.931 bits per heavy atom. The van der Waals surface area contributed by atoms with Gasteiger partial charge in [0.05, 0.1) is 16.4 Å². The van der Waals surface area contributed by atoms with Crippen LogP contribution < -0.4 is 10.6 Å². The fourth-order valence-electron chi connectivity index (χ4n) is 2.80. The number of amides is 1. The molecule has 1 amide bonds. The van der Waals surface area contributed by atoms with E-state index in [1.165, 1.54) is 0 Å². The number of halogens is 2. The average Bonchev–Trinajstić information content (AvgIpc) is 2.70. The Labute approximate surface area is 178 Å². The topological polar surface area (TPSA) is 67.4 Å². The fraction of sp³-hybridized carbons (Fsp3) is 0.0909. The number of ketones is 1. The van der Waals surface area contributed by atoms with E-state index in [2.05, 4.69) is 10.6 Å². The molecule has 0 aliphatic rings. The van der Waals surface area contributed by atoms with Crippen molar-refractivity contribution in [2.75, 3.05) is 16.7 Å². The smallest absolute Gasteiger partial charge is 0.412 e. The molecule has 3 aromatic carbocycles. The van der Waals surface area contributed by atoms with Crippen molar-refractivity contribution in [2.24, 2.45) is 0 Å². The summed E-state index contributed by atoms with van der Waals surface area (Å²) in [5.74, 6) is -0.134. The van der Waals surface area contributed by atoms with E-state index in [-0.39, 0.29) is 11.8 Å². The maximum atomic E-state index is 12.8. The molecule has 2 N–H and O–H groups in total. The molecule has 29 heavy (non-hydrogen) atoms. The van der Waals surface area contributed by atoms with E-state index in [9.17, 15) is 9.59 Å². The highest BCUT2D eigenvalue weighted by molar-refractivity contribution is 6.35. The van der Waals surface area contributed by atoms with E-state index in [0.29, 0.717) is 33.2 Å². The first-order chi connectivity index (χ1) is 14.0. The van der Waals surface area contributed by atoms with Crippen LogP contribution in [0.5, 0.6) is 0 Å². The number of alkyl halides is 1. The minimum Gasteiger partial charge on any atom is -0.433 e. The number of aryl methyl sites for hydroxylation is 1. The van der Waals surface area contributed by atoms with Gasteiger partial charge in [0, 0.05) is 16.8 Å². The van der Waals surface area contributed by atoms with Crippen molar-refractivity contribution >= 4 is 52.1 Å². The van der Waals surface area contributed by atoms with Gasteiger partial charge in [-0.1, -0.05) is 59.6 Å². The van der Waals surface area contributed by atoms with E-state index < -0.39 is 6.09 Å². The third-order valence-electron chi connectivity index (χ3n) is 4.23. The summed E-state index contributed by atoms with van der Waals surface area (Å²) in [4.78, 5) is 24.5. The number of anilines is 3. The Bertz CT molecular complexity index is 1050. The van der Waals surface area contributed by atoms with Crippen molar-refractivity contribution in [3.05, 3.63) is 88.4 Å². The van der Waals surface area contributed by atoms with Crippen molar-refractivity contribution in [1.29, 1.82) is 0 Å². The highest BCUT2D eigenvalue weighted by Crippen LogP contribution is 2.29. The molecule has 0 fully saturated rings. The summed E-state index contributed by atoms with van der Waals surface area (Å²) in [6.45, 7) is 1.89. The summed E-state index contributed by atoms with van der Waals surface area (Å²) >= 11 is 11.8. The molecular weight excluding hydrogens is 411 g/mol. The average molecular weight is 429 g/mol. The van der Waals surface area contributed by atoms with Gasteiger partial charge in [-0.15, -0.1) is 0 Å². The molecule has 3 aromatic rings. The number of hydrogen-bond acceptors (Lipinski definition) is 4. The van der Waals surface area contributed by atoms with Crippen LogP contribution in [-0.2, 0) is 4.74 Å². The summed E-state index contributed by atoms with van der Waals surface area (Å²) in [6, 6.07) is 19.3. The molecule has 0 aliphatic carbocycles. The van der Waals surface area contributed by atoms with Crippen molar-refractivity contribution in [1.82, 2.24) is 0 Å². The Hall–Kier alpha value is -3.02. The number of hydrogen-bond donors (Lipinski definition) is 2. The fourth-order valence-corrected chi connectivity index (χ4v) is 3.17. The van der Waals surface area contributed by atoms with Gasteiger partial charge in [-0.3, -0.25) is 10.1 Å². The Morgan fingerprint density at radius 2 is 1.62 bits per heavy atom. The summed E-state index contributed by atoms with van der Waals surface area (Å²) in [7, 11) is 0. The van der Waals surface area contributed by atoms with Crippen LogP contribution in [0.1, 0.15) is 21.5 Å². The first-order valence-electron chi connectivity index (χ1n) is 8.75. The number of benzene rings is 3. The van der Waals surface area contributed by atoms with Crippen LogP contribution in [0, 0.1) is 6.92 Å². The second kappa shape index (κ2) is 9.45. The second-order valence-corrected chi connectivity index (χ2v) is 6.80. The molecule has 0 radical (unpaired) electrons. The lowest BCUT2D eigenvalue weighted by Crippen LogP contribution is -2.13. The molecule has 0 aromatic heterocycles. The number of nitrogens with one attached hydrogen (secondary N) is 2. The molecular formula is C22H18Cl2N2O3. The number of carbonyl (C=O) groups excluding carboxylic acids is 2. The Kier molecular flexibility index (Phi) is 6.75. The van der Waals surface area contributed by atoms with Crippen LogP contribution in [0.25, 0.3) is 0 Å². The van der Waals surface area contributed by atoms with Gasteiger partial charge in [0.25, 0.3) is 0 Å². The summed E-state index contributed by atoms with van der Waals surface area (Å²) < 4.78 is 4.69. The number of para-hydroxylation sites is 2. The van der Waals surface area contributed by atoms with Gasteiger partial charge in [0.1, 0.15) is 0 Å². The SMILES string of the molecule is Cc1ccccc1C(=O)c1ccc(Nc2ccccc2NC(=O)OCCl)cc1Cl. The van der Waals surface area contributed by atoms with Crippen molar-refractivity contribution in [2.45, 2.75) is 6.92 Å². The zero-order chi connectivity index (χ0) is 20.8. The van der Waals surface area contributed by atoms with E-state index >= 15 is 0 Å². The largest absolute Gasteiger partial charge is 0.433 e. The normalized spacial score (nSPS) is 10.3. The maximum Gasteiger partial charge on any atom is 0.412 e. The number of rotatable bonds is 6. The molecule has 7 heteroatoms. The molecule has 0 spiro atoms. The summed E-state index contributed by atoms with van der Waals surface area (Å²) in [5.41, 5.74) is 3.73. The van der Waals surface area contributed by atoms with Crippen molar-refractivity contribution in [3.8, 4) is 0 Å². The van der Waals surface area contributed by atoms with Gasteiger partial charge >= 0.3 is 6.09 Å². The molecule has 0 saturated heterocycles. The molecule has 0 aliphatic heterocycles. The first-order valence-corrected chi connectivity index (χ1v) is 9.66. The van der Waals surface area contributed by atoms with Crippen LogP contribution >= 0.6 is 23.2 Å². The van der Waals surface area contributed by atoms with Crippen LogP contribution in [0.4, 0.5) is 21.9 Å². The van der Waals surface area contributed by atoms with Gasteiger partial charge in [0.15, 0.2) is 11.8 Å². The number of carbonyl (C=O) groups is 2. The lowest BCUT2D eigenvalue weighted by molar-refractivity contribution is 0.103. The van der Waals surface area contributed by atoms with Crippen LogP contribution in [0.2, 0.25) is 5.02 Å². The third-order valence-corrected chi connectivity index (χ3v) is 4.65. The zero-order valence-electron chi connectivity index (χ0n) is 15.5. The van der Waals surface area contributed by atoms with Crippen molar-refractivity contribution in [3.63, 3.8) is 0 Å². The molecule has 148 valence electrons. The minimum absolute atomic E-state index is 0.134. The van der Waals surface area contributed by atoms with Crippen LogP contribution in [-0.4, -0.2) is 17.9 Å². The van der Waals surface area contributed by atoms with Gasteiger partial charge in [0.2, 0.25) is 0 Å². The summed E-state index contributed by atoms with van der Waals surface area (Å²) in [6.07, 6.45) is -0.661. The van der Waals surface area contributed by atoms with Gasteiger partial charge in [-0.05, 0) is 42.8 Å². The molecule has 0 atom stereocenters. The highest BCUT2D eigenvalue weighted by Gasteiger charge is 2.15. The van der Waals surface area contributed by atoms with Gasteiger partial charge in [-0.2, -0.15) is 0 Å². The van der Waals surface area contributed by atoms with E-state index in [1.807, 2.05) is 31.2 Å². The lowest BCUT2D eigenvalue weighted by Gasteiger charge is -2.14. The molecule has 0 unspecified atom stereocenters. The van der Waals surface area contributed by atoms with Gasteiger partial charge < -0.3 is 10.1 Å². The molecule has 3 rings (SSSR count). The van der Waals surface area contributed by atoms with Crippen molar-refractivity contribution < 1.29 is 14.3 Å². The second-order valence-electron chi connectivity index (χ2n) is 6.18. The summed E-state index contributed by atoms with van der Waals surface area (Å²) in [5, 5.41) is 6.12. The maximum absolute atomic E-state index is 12.8.